The monoisotopic (exact) mass is 174 g/mol. The van der Waals surface area contributed by atoms with E-state index in [4.69, 9.17) is 9.84 Å². The summed E-state index contributed by atoms with van der Waals surface area (Å²) in [7, 11) is 0. The molecule has 3 nitrogen and oxygen atoms in total. The summed E-state index contributed by atoms with van der Waals surface area (Å²) < 4.78 is 5.18. The van der Waals surface area contributed by atoms with Gasteiger partial charge in [0.25, 0.3) is 0 Å². The molecule has 0 saturated carbocycles. The Hall–Kier alpha value is -0.570. The van der Waals surface area contributed by atoms with Crippen molar-refractivity contribution in [3.63, 3.8) is 0 Å². The molecule has 0 aromatic heterocycles. The number of carbonyl (C=O) groups is 1. The standard InChI is InChI=1S/C9H18O3/c1-3-4-8(2)7-12-6-5-9(10)11/h8H,3-7H2,1-2H3,(H,10,11). The van der Waals surface area contributed by atoms with Gasteiger partial charge < -0.3 is 9.84 Å². The van der Waals surface area contributed by atoms with Crippen molar-refractivity contribution < 1.29 is 14.6 Å². The highest BCUT2D eigenvalue weighted by molar-refractivity contribution is 5.66. The third-order valence-corrected chi connectivity index (χ3v) is 1.64. The van der Waals surface area contributed by atoms with E-state index in [0.29, 0.717) is 19.1 Å². The fraction of sp³-hybridized carbons (Fsp3) is 0.889. The third-order valence-electron chi connectivity index (χ3n) is 1.64. The van der Waals surface area contributed by atoms with Gasteiger partial charge in [-0.15, -0.1) is 0 Å². The molecule has 1 unspecified atom stereocenters. The minimum Gasteiger partial charge on any atom is -0.481 e. The van der Waals surface area contributed by atoms with Gasteiger partial charge in [-0.05, 0) is 12.3 Å². The Morgan fingerprint density at radius 3 is 2.75 bits per heavy atom. The first-order valence-corrected chi connectivity index (χ1v) is 4.46. The highest BCUT2D eigenvalue weighted by atomic mass is 16.5. The quantitative estimate of drug-likeness (QED) is 0.600. The fourth-order valence-corrected chi connectivity index (χ4v) is 1.02. The first-order valence-electron chi connectivity index (χ1n) is 4.46. The minimum atomic E-state index is -0.793. The molecule has 0 saturated heterocycles. The Kier molecular flexibility index (Phi) is 6.76. The van der Waals surface area contributed by atoms with Gasteiger partial charge in [-0.2, -0.15) is 0 Å². The van der Waals surface area contributed by atoms with Gasteiger partial charge in [0.05, 0.1) is 13.0 Å². The van der Waals surface area contributed by atoms with Crippen LogP contribution in [0, 0.1) is 5.92 Å². The van der Waals surface area contributed by atoms with Crippen LogP contribution in [0.5, 0.6) is 0 Å². The molecule has 0 aliphatic rings. The van der Waals surface area contributed by atoms with Crippen molar-refractivity contribution in [2.24, 2.45) is 5.92 Å². The number of carboxylic acids is 1. The van der Waals surface area contributed by atoms with Crippen LogP contribution in [-0.2, 0) is 9.53 Å². The number of aliphatic carboxylic acids is 1. The first kappa shape index (κ1) is 11.4. The van der Waals surface area contributed by atoms with Crippen LogP contribution in [0.3, 0.4) is 0 Å². The van der Waals surface area contributed by atoms with E-state index in [-0.39, 0.29) is 6.42 Å². The lowest BCUT2D eigenvalue weighted by atomic mass is 10.1. The van der Waals surface area contributed by atoms with Crippen LogP contribution in [0.4, 0.5) is 0 Å². The molecule has 0 rings (SSSR count). The second kappa shape index (κ2) is 7.10. The van der Waals surface area contributed by atoms with Crippen LogP contribution in [0.2, 0.25) is 0 Å². The van der Waals surface area contributed by atoms with E-state index in [1.807, 2.05) is 0 Å². The van der Waals surface area contributed by atoms with Crippen LogP contribution in [0.1, 0.15) is 33.1 Å². The lowest BCUT2D eigenvalue weighted by Gasteiger charge is -2.09. The number of ether oxygens (including phenoxy) is 1. The number of hydrogen-bond donors (Lipinski definition) is 1. The molecule has 0 heterocycles. The van der Waals surface area contributed by atoms with Gasteiger partial charge in [0.2, 0.25) is 0 Å². The molecule has 0 amide bonds. The van der Waals surface area contributed by atoms with E-state index in [2.05, 4.69) is 13.8 Å². The lowest BCUT2D eigenvalue weighted by molar-refractivity contribution is -0.138. The predicted octanol–water partition coefficient (Wildman–Crippen LogP) is 1.91. The van der Waals surface area contributed by atoms with Crippen molar-refractivity contribution in [2.75, 3.05) is 13.2 Å². The van der Waals surface area contributed by atoms with Crippen molar-refractivity contribution in [3.8, 4) is 0 Å². The molecule has 72 valence electrons. The summed E-state index contributed by atoms with van der Waals surface area (Å²) in [5.74, 6) is -0.248. The Morgan fingerprint density at radius 1 is 1.58 bits per heavy atom. The molecule has 0 fully saturated rings. The molecule has 0 aliphatic carbocycles. The summed E-state index contributed by atoms with van der Waals surface area (Å²) in [5.41, 5.74) is 0. The average molecular weight is 174 g/mol. The second-order valence-corrected chi connectivity index (χ2v) is 3.11. The summed E-state index contributed by atoms with van der Waals surface area (Å²) in [6.07, 6.45) is 2.41. The zero-order chi connectivity index (χ0) is 9.40. The molecule has 1 atom stereocenters. The van der Waals surface area contributed by atoms with Gasteiger partial charge in [-0.1, -0.05) is 20.3 Å². The molecule has 0 aromatic carbocycles. The Morgan fingerprint density at radius 2 is 2.25 bits per heavy atom. The number of hydrogen-bond acceptors (Lipinski definition) is 2. The predicted molar refractivity (Wildman–Crippen MR) is 47.1 cm³/mol. The normalized spacial score (nSPS) is 12.8. The van der Waals surface area contributed by atoms with Crippen LogP contribution in [-0.4, -0.2) is 24.3 Å². The highest BCUT2D eigenvalue weighted by Gasteiger charge is 2.01. The maximum atomic E-state index is 10.1. The molecular formula is C9H18O3. The van der Waals surface area contributed by atoms with E-state index in [9.17, 15) is 4.79 Å². The molecule has 0 radical (unpaired) electrons. The summed E-state index contributed by atoms with van der Waals surface area (Å²) in [6.45, 7) is 5.27. The molecule has 3 heteroatoms. The van der Waals surface area contributed by atoms with Crippen molar-refractivity contribution in [2.45, 2.75) is 33.1 Å². The van der Waals surface area contributed by atoms with E-state index < -0.39 is 5.97 Å². The molecule has 0 spiro atoms. The van der Waals surface area contributed by atoms with Crippen molar-refractivity contribution in [1.82, 2.24) is 0 Å². The lowest BCUT2D eigenvalue weighted by Crippen LogP contribution is -2.09. The Balaban J connectivity index is 3.13. The number of rotatable bonds is 7. The zero-order valence-electron chi connectivity index (χ0n) is 7.88. The van der Waals surface area contributed by atoms with E-state index in [0.717, 1.165) is 12.8 Å². The fourth-order valence-electron chi connectivity index (χ4n) is 1.02. The van der Waals surface area contributed by atoms with Crippen LogP contribution in [0.15, 0.2) is 0 Å². The second-order valence-electron chi connectivity index (χ2n) is 3.11. The molecular weight excluding hydrogens is 156 g/mol. The van der Waals surface area contributed by atoms with Crippen LogP contribution >= 0.6 is 0 Å². The van der Waals surface area contributed by atoms with Crippen LogP contribution in [0.25, 0.3) is 0 Å². The summed E-state index contributed by atoms with van der Waals surface area (Å²) >= 11 is 0. The van der Waals surface area contributed by atoms with Crippen molar-refractivity contribution in [1.29, 1.82) is 0 Å². The Labute approximate surface area is 73.7 Å². The summed E-state index contributed by atoms with van der Waals surface area (Å²) in [5, 5.41) is 8.30. The largest absolute Gasteiger partial charge is 0.481 e. The van der Waals surface area contributed by atoms with E-state index in [1.54, 1.807) is 0 Å². The maximum absolute atomic E-state index is 10.1. The number of carboxylic acid groups (broad SMARTS) is 1. The van der Waals surface area contributed by atoms with Gasteiger partial charge in [-0.3, -0.25) is 4.79 Å². The van der Waals surface area contributed by atoms with Crippen molar-refractivity contribution >= 4 is 5.97 Å². The minimum absolute atomic E-state index is 0.110. The molecule has 12 heavy (non-hydrogen) atoms. The zero-order valence-corrected chi connectivity index (χ0v) is 7.88. The van der Waals surface area contributed by atoms with Gasteiger partial charge in [0.15, 0.2) is 0 Å². The smallest absolute Gasteiger partial charge is 0.305 e. The van der Waals surface area contributed by atoms with E-state index in [1.165, 1.54) is 0 Å². The van der Waals surface area contributed by atoms with Crippen LogP contribution < -0.4 is 0 Å². The SMILES string of the molecule is CCCC(C)COCCC(=O)O. The maximum Gasteiger partial charge on any atom is 0.305 e. The summed E-state index contributed by atoms with van der Waals surface area (Å²) in [6, 6.07) is 0. The molecule has 0 aromatic rings. The van der Waals surface area contributed by atoms with Gasteiger partial charge >= 0.3 is 5.97 Å². The molecule has 0 aliphatic heterocycles. The molecule has 0 bridgehead atoms. The van der Waals surface area contributed by atoms with Gasteiger partial charge in [-0.25, -0.2) is 0 Å². The van der Waals surface area contributed by atoms with Crippen molar-refractivity contribution in [3.05, 3.63) is 0 Å². The Bertz CT molecular complexity index is 123. The topological polar surface area (TPSA) is 46.5 Å². The third kappa shape index (κ3) is 7.54. The van der Waals surface area contributed by atoms with Gasteiger partial charge in [0.1, 0.15) is 0 Å². The van der Waals surface area contributed by atoms with Gasteiger partial charge in [0, 0.05) is 6.61 Å². The highest BCUT2D eigenvalue weighted by Crippen LogP contribution is 2.04. The summed E-state index contributed by atoms with van der Waals surface area (Å²) in [4.78, 5) is 10.1. The average Bonchev–Trinajstić information content (AvgIpc) is 1.98. The van der Waals surface area contributed by atoms with E-state index >= 15 is 0 Å². The first-order chi connectivity index (χ1) is 5.66. The molecule has 1 N–H and O–H groups in total.